The second kappa shape index (κ2) is 2.94. The van der Waals surface area contributed by atoms with Crippen molar-refractivity contribution in [2.45, 2.75) is 39.7 Å². The molecule has 14 heavy (non-hydrogen) atoms. The van der Waals surface area contributed by atoms with Gasteiger partial charge in [0.2, 0.25) is 0 Å². The molecule has 1 nitrogen and oxygen atoms in total. The van der Waals surface area contributed by atoms with Gasteiger partial charge in [-0.1, -0.05) is 32.9 Å². The van der Waals surface area contributed by atoms with Gasteiger partial charge in [-0.05, 0) is 29.0 Å². The van der Waals surface area contributed by atoms with Crippen LogP contribution in [0, 0.1) is 6.92 Å². The van der Waals surface area contributed by atoms with Gasteiger partial charge in [-0.2, -0.15) is 0 Å². The summed E-state index contributed by atoms with van der Waals surface area (Å²) in [4.78, 5) is 4.34. The number of nitrogens with zero attached hydrogens (tertiary/aromatic N) is 1. The van der Waals surface area contributed by atoms with Crippen LogP contribution in [0.25, 0.3) is 0 Å². The highest BCUT2D eigenvalue weighted by atomic mass is 14.7. The molecule has 0 saturated heterocycles. The zero-order valence-electron chi connectivity index (χ0n) is 9.39. The van der Waals surface area contributed by atoms with Crippen LogP contribution in [0.3, 0.4) is 0 Å². The Morgan fingerprint density at radius 2 is 1.93 bits per heavy atom. The van der Waals surface area contributed by atoms with Gasteiger partial charge in [-0.25, -0.2) is 0 Å². The Hall–Kier alpha value is -1.11. The lowest BCUT2D eigenvalue weighted by Crippen LogP contribution is -2.16. The molecule has 0 amide bonds. The Morgan fingerprint density at radius 3 is 2.57 bits per heavy atom. The van der Waals surface area contributed by atoms with E-state index in [0.29, 0.717) is 0 Å². The van der Waals surface area contributed by atoms with Crippen LogP contribution in [-0.2, 0) is 12.0 Å². The van der Waals surface area contributed by atoms with Crippen molar-refractivity contribution in [3.8, 4) is 0 Å². The van der Waals surface area contributed by atoms with E-state index in [9.17, 15) is 0 Å². The fourth-order valence-corrected chi connectivity index (χ4v) is 2.29. The summed E-state index contributed by atoms with van der Waals surface area (Å²) in [7, 11) is 0. The lowest BCUT2D eigenvalue weighted by molar-refractivity contribution is 0.585. The van der Waals surface area contributed by atoms with Crippen molar-refractivity contribution < 1.29 is 0 Å². The average molecular weight is 187 g/mol. The number of aryl methyl sites for hydroxylation is 1. The Morgan fingerprint density at radius 1 is 1.21 bits per heavy atom. The lowest BCUT2D eigenvalue weighted by Gasteiger charge is -2.24. The molecule has 1 heteroatoms. The molecule has 0 bridgehead atoms. The summed E-state index contributed by atoms with van der Waals surface area (Å²) in [6, 6.07) is 4.42. The summed E-state index contributed by atoms with van der Waals surface area (Å²) in [6.45, 7) is 9.84. The smallest absolute Gasteiger partial charge is 0.0646 e. The van der Waals surface area contributed by atoms with E-state index >= 15 is 0 Å². The molecule has 0 unspecified atom stereocenters. The molecular weight excluding hydrogens is 170 g/mol. The third-order valence-corrected chi connectivity index (χ3v) is 2.78. The van der Waals surface area contributed by atoms with E-state index in [0.717, 1.165) is 6.54 Å². The number of aliphatic imine (C=N–C) groups is 1. The average Bonchev–Trinajstić information content (AvgIpc) is 2.48. The van der Waals surface area contributed by atoms with Crippen LogP contribution in [0.15, 0.2) is 17.1 Å². The first-order chi connectivity index (χ1) is 6.50. The zero-order chi connectivity index (χ0) is 10.3. The molecule has 2 rings (SSSR count). The third kappa shape index (κ3) is 1.37. The van der Waals surface area contributed by atoms with Gasteiger partial charge in [0.05, 0.1) is 6.54 Å². The number of fused-ring (bicyclic) bond motifs is 1. The standard InChI is InChI=1S/C13H17N/c1-9-5-6-10-7-14-8-11(10)12(9)13(2,3)4/h5-6,8H,7H2,1-4H3. The van der Waals surface area contributed by atoms with Crippen molar-refractivity contribution in [2.24, 2.45) is 4.99 Å². The highest BCUT2D eigenvalue weighted by Gasteiger charge is 2.22. The summed E-state index contributed by atoms with van der Waals surface area (Å²) >= 11 is 0. The summed E-state index contributed by atoms with van der Waals surface area (Å²) in [5.41, 5.74) is 5.78. The van der Waals surface area contributed by atoms with Crippen molar-refractivity contribution in [1.82, 2.24) is 0 Å². The molecule has 1 aliphatic rings. The maximum atomic E-state index is 4.34. The Labute approximate surface area is 85.9 Å². The summed E-state index contributed by atoms with van der Waals surface area (Å²) in [6.07, 6.45) is 2.03. The number of hydrogen-bond acceptors (Lipinski definition) is 1. The second-order valence-electron chi connectivity index (χ2n) is 5.05. The molecule has 0 fully saturated rings. The number of hydrogen-bond donors (Lipinski definition) is 0. The number of rotatable bonds is 0. The van der Waals surface area contributed by atoms with Gasteiger partial charge in [0.1, 0.15) is 0 Å². The fraction of sp³-hybridized carbons (Fsp3) is 0.462. The Kier molecular flexibility index (Phi) is 1.99. The maximum Gasteiger partial charge on any atom is 0.0646 e. The Bertz CT molecular complexity index is 394. The van der Waals surface area contributed by atoms with Crippen molar-refractivity contribution in [3.05, 3.63) is 34.4 Å². The van der Waals surface area contributed by atoms with Gasteiger partial charge < -0.3 is 0 Å². The molecular formula is C13H17N. The molecule has 1 heterocycles. The van der Waals surface area contributed by atoms with Gasteiger partial charge in [0.25, 0.3) is 0 Å². The van der Waals surface area contributed by atoms with Gasteiger partial charge in [0.15, 0.2) is 0 Å². The molecule has 0 saturated carbocycles. The van der Waals surface area contributed by atoms with Gasteiger partial charge in [0, 0.05) is 11.8 Å². The normalized spacial score (nSPS) is 14.6. The molecule has 1 aromatic carbocycles. The minimum atomic E-state index is 0.214. The van der Waals surface area contributed by atoms with E-state index in [1.165, 1.54) is 22.3 Å². The summed E-state index contributed by atoms with van der Waals surface area (Å²) < 4.78 is 0. The Balaban J connectivity index is 2.69. The van der Waals surface area contributed by atoms with Crippen LogP contribution >= 0.6 is 0 Å². The second-order valence-corrected chi connectivity index (χ2v) is 5.05. The van der Waals surface area contributed by atoms with E-state index in [1.54, 1.807) is 0 Å². The van der Waals surface area contributed by atoms with Crippen LogP contribution in [0.4, 0.5) is 0 Å². The van der Waals surface area contributed by atoms with Gasteiger partial charge in [-0.15, -0.1) is 0 Å². The van der Waals surface area contributed by atoms with Crippen molar-refractivity contribution in [2.75, 3.05) is 0 Å². The molecule has 0 spiro atoms. The lowest BCUT2D eigenvalue weighted by atomic mass is 9.80. The SMILES string of the molecule is Cc1ccc2c(c1C(C)(C)C)C=NC2. The van der Waals surface area contributed by atoms with Crippen molar-refractivity contribution >= 4 is 6.21 Å². The molecule has 0 aliphatic carbocycles. The molecule has 0 N–H and O–H groups in total. The minimum absolute atomic E-state index is 0.214. The quantitative estimate of drug-likeness (QED) is 0.591. The zero-order valence-corrected chi connectivity index (χ0v) is 9.39. The first-order valence-electron chi connectivity index (χ1n) is 5.13. The maximum absolute atomic E-state index is 4.34. The van der Waals surface area contributed by atoms with Crippen LogP contribution < -0.4 is 0 Å². The van der Waals surface area contributed by atoms with E-state index in [-0.39, 0.29) is 5.41 Å². The summed E-state index contributed by atoms with van der Waals surface area (Å²) in [5, 5.41) is 0. The van der Waals surface area contributed by atoms with Gasteiger partial charge >= 0.3 is 0 Å². The largest absolute Gasteiger partial charge is 0.288 e. The van der Waals surface area contributed by atoms with E-state index in [1.807, 2.05) is 6.21 Å². The monoisotopic (exact) mass is 187 g/mol. The topological polar surface area (TPSA) is 12.4 Å². The van der Waals surface area contributed by atoms with Crippen molar-refractivity contribution in [3.63, 3.8) is 0 Å². The van der Waals surface area contributed by atoms with Gasteiger partial charge in [-0.3, -0.25) is 4.99 Å². The first-order valence-corrected chi connectivity index (χ1v) is 5.13. The molecule has 1 aliphatic heterocycles. The minimum Gasteiger partial charge on any atom is -0.288 e. The highest BCUT2D eigenvalue weighted by molar-refractivity contribution is 5.87. The number of benzene rings is 1. The van der Waals surface area contributed by atoms with E-state index < -0.39 is 0 Å². The van der Waals surface area contributed by atoms with Crippen LogP contribution in [0.1, 0.15) is 43.0 Å². The molecule has 74 valence electrons. The predicted octanol–water partition coefficient (Wildman–Crippen LogP) is 3.23. The highest BCUT2D eigenvalue weighted by Crippen LogP contribution is 2.32. The fourth-order valence-electron chi connectivity index (χ4n) is 2.29. The van der Waals surface area contributed by atoms with Crippen LogP contribution in [-0.4, -0.2) is 6.21 Å². The molecule has 0 aromatic heterocycles. The van der Waals surface area contributed by atoms with Crippen LogP contribution in [0.5, 0.6) is 0 Å². The molecule has 0 radical (unpaired) electrons. The predicted molar refractivity (Wildman–Crippen MR) is 61.2 cm³/mol. The van der Waals surface area contributed by atoms with E-state index in [4.69, 9.17) is 0 Å². The first kappa shape index (κ1) is 9.45. The third-order valence-electron chi connectivity index (χ3n) is 2.78. The molecule has 1 aromatic rings. The summed E-state index contributed by atoms with van der Waals surface area (Å²) in [5.74, 6) is 0. The van der Waals surface area contributed by atoms with E-state index in [2.05, 4.69) is 44.8 Å². The van der Waals surface area contributed by atoms with Crippen LogP contribution in [0.2, 0.25) is 0 Å². The van der Waals surface area contributed by atoms with Crippen molar-refractivity contribution in [1.29, 1.82) is 0 Å². The molecule has 0 atom stereocenters.